The predicted molar refractivity (Wildman–Crippen MR) is 76.7 cm³/mol. The molecular weight excluding hydrogens is 260 g/mol. The summed E-state index contributed by atoms with van der Waals surface area (Å²) in [7, 11) is 0. The third-order valence-electron chi connectivity index (χ3n) is 3.48. The van der Waals surface area contributed by atoms with E-state index in [1.807, 2.05) is 30.3 Å². The third kappa shape index (κ3) is 2.38. The lowest BCUT2D eigenvalue weighted by Crippen LogP contribution is -2.15. The Kier molecular flexibility index (Phi) is 3.30. The van der Waals surface area contributed by atoms with Crippen LogP contribution >= 0.6 is 11.6 Å². The topological polar surface area (TPSA) is 41.1 Å². The van der Waals surface area contributed by atoms with Gasteiger partial charge in [-0.1, -0.05) is 29.8 Å². The molecule has 0 spiro atoms. The molecule has 2 fully saturated rings. The first-order chi connectivity index (χ1) is 9.25. The molecule has 0 amide bonds. The molecule has 1 aromatic rings. The van der Waals surface area contributed by atoms with Gasteiger partial charge in [0, 0.05) is 29.3 Å². The summed E-state index contributed by atoms with van der Waals surface area (Å²) in [5.74, 6) is 1.05. The Morgan fingerprint density at radius 2 is 1.84 bits per heavy atom. The maximum absolute atomic E-state index is 12.4. The van der Waals surface area contributed by atoms with E-state index in [4.69, 9.17) is 11.6 Å². The van der Waals surface area contributed by atoms with E-state index in [1.165, 1.54) is 0 Å². The Labute approximate surface area is 117 Å². The van der Waals surface area contributed by atoms with Gasteiger partial charge < -0.3 is 10.6 Å². The average molecular weight is 275 g/mol. The highest BCUT2D eigenvalue weighted by molar-refractivity contribution is 6.32. The summed E-state index contributed by atoms with van der Waals surface area (Å²) < 4.78 is 0. The summed E-state index contributed by atoms with van der Waals surface area (Å²) in [5, 5.41) is 7.12. The molecule has 3 rings (SSSR count). The first kappa shape index (κ1) is 12.3. The van der Waals surface area contributed by atoms with Gasteiger partial charge >= 0.3 is 0 Å². The Bertz CT molecular complexity index is 582. The van der Waals surface area contributed by atoms with E-state index in [9.17, 15) is 4.79 Å². The number of halogens is 1. The van der Waals surface area contributed by atoms with Crippen molar-refractivity contribution in [3.8, 4) is 0 Å². The second-order valence-electron chi connectivity index (χ2n) is 4.73. The molecule has 4 heteroatoms. The number of benzene rings is 1. The highest BCUT2D eigenvalue weighted by atomic mass is 35.5. The molecule has 1 aliphatic carbocycles. The van der Waals surface area contributed by atoms with Gasteiger partial charge in [-0.15, -0.1) is 0 Å². The van der Waals surface area contributed by atoms with Crippen LogP contribution in [-0.2, 0) is 4.79 Å². The van der Waals surface area contributed by atoms with Crippen molar-refractivity contribution in [2.45, 2.75) is 12.8 Å². The maximum Gasteiger partial charge on any atom is 0.188 e. The number of carbonyl (C=O) groups is 1. The molecule has 0 bridgehead atoms. The molecule has 1 heterocycles. The lowest BCUT2D eigenvalue weighted by molar-refractivity contribution is -0.111. The fourth-order valence-electron chi connectivity index (χ4n) is 2.49. The molecule has 2 aliphatic rings. The molecule has 0 aromatic heterocycles. The van der Waals surface area contributed by atoms with Crippen LogP contribution in [0.3, 0.4) is 0 Å². The number of hydrogen-bond acceptors (Lipinski definition) is 3. The van der Waals surface area contributed by atoms with Crippen LogP contribution in [-0.4, -0.2) is 18.9 Å². The van der Waals surface area contributed by atoms with E-state index in [0.29, 0.717) is 5.02 Å². The fraction of sp³-hybridized carbons (Fsp3) is 0.267. The minimum Gasteiger partial charge on any atom is -0.370 e. The first-order valence-electron chi connectivity index (χ1n) is 6.46. The van der Waals surface area contributed by atoms with Crippen molar-refractivity contribution < 1.29 is 4.79 Å². The number of Topliss-reactive ketones (excluding diaryl/α,β-unsaturated/α-hetero) is 1. The minimum absolute atomic E-state index is 0.136. The van der Waals surface area contributed by atoms with Gasteiger partial charge in [0.05, 0.1) is 0 Å². The molecule has 19 heavy (non-hydrogen) atoms. The van der Waals surface area contributed by atoms with Gasteiger partial charge in [0.2, 0.25) is 0 Å². The zero-order chi connectivity index (χ0) is 13.2. The van der Waals surface area contributed by atoms with Crippen LogP contribution in [0.5, 0.6) is 0 Å². The summed E-state index contributed by atoms with van der Waals surface area (Å²) in [5.41, 5.74) is 2.62. The molecule has 98 valence electrons. The number of ketones is 1. The zero-order valence-corrected chi connectivity index (χ0v) is 11.3. The summed E-state index contributed by atoms with van der Waals surface area (Å²) in [6, 6.07) is 7.59. The Hall–Kier alpha value is -1.74. The van der Waals surface area contributed by atoms with Crippen molar-refractivity contribution in [3.05, 3.63) is 51.8 Å². The third-order valence-corrected chi connectivity index (χ3v) is 3.82. The molecule has 0 atom stereocenters. The van der Waals surface area contributed by atoms with Crippen molar-refractivity contribution >= 4 is 23.5 Å². The van der Waals surface area contributed by atoms with Crippen molar-refractivity contribution in [3.63, 3.8) is 0 Å². The molecule has 0 unspecified atom stereocenters. The number of allylic oxidation sites excluding steroid dienone is 2. The van der Waals surface area contributed by atoms with E-state index in [2.05, 4.69) is 10.6 Å². The first-order valence-corrected chi connectivity index (χ1v) is 6.84. The maximum atomic E-state index is 12.4. The molecule has 3 nitrogen and oxygen atoms in total. The molecule has 1 saturated carbocycles. The Morgan fingerprint density at radius 1 is 1.11 bits per heavy atom. The SMILES string of the molecule is O=C1C(=C2NCCN2)CC/C1=C\c1ccccc1Cl. The summed E-state index contributed by atoms with van der Waals surface area (Å²) in [4.78, 5) is 12.4. The zero-order valence-electron chi connectivity index (χ0n) is 10.5. The highest BCUT2D eigenvalue weighted by Gasteiger charge is 2.27. The standard InChI is InChI=1S/C15H15ClN2O/c16-13-4-2-1-3-10(13)9-11-5-6-12(14(11)19)15-17-7-8-18-15/h1-4,9,17-18H,5-8H2/b11-9+. The van der Waals surface area contributed by atoms with Crippen molar-refractivity contribution in [1.82, 2.24) is 10.6 Å². The van der Waals surface area contributed by atoms with E-state index in [0.717, 1.165) is 48.5 Å². The molecule has 0 radical (unpaired) electrons. The van der Waals surface area contributed by atoms with Gasteiger partial charge in [-0.05, 0) is 30.5 Å². The smallest absolute Gasteiger partial charge is 0.188 e. The van der Waals surface area contributed by atoms with Crippen LogP contribution in [0, 0.1) is 0 Å². The van der Waals surface area contributed by atoms with Gasteiger partial charge in [0.1, 0.15) is 5.82 Å². The predicted octanol–water partition coefficient (Wildman–Crippen LogP) is 2.49. The lowest BCUT2D eigenvalue weighted by atomic mass is 10.1. The summed E-state index contributed by atoms with van der Waals surface area (Å²) in [6.45, 7) is 1.77. The molecule has 1 saturated heterocycles. The normalized spacial score (nSPS) is 20.9. The molecular formula is C15H15ClN2O. The van der Waals surface area contributed by atoms with Crippen molar-refractivity contribution in [2.75, 3.05) is 13.1 Å². The van der Waals surface area contributed by atoms with Crippen LogP contribution in [0.25, 0.3) is 6.08 Å². The van der Waals surface area contributed by atoms with Gasteiger partial charge in [-0.3, -0.25) is 4.79 Å². The Morgan fingerprint density at radius 3 is 2.58 bits per heavy atom. The summed E-state index contributed by atoms with van der Waals surface area (Å²) in [6.07, 6.45) is 3.49. The van der Waals surface area contributed by atoms with Gasteiger partial charge in [0.15, 0.2) is 5.78 Å². The Balaban J connectivity index is 1.90. The van der Waals surface area contributed by atoms with E-state index >= 15 is 0 Å². The van der Waals surface area contributed by atoms with Gasteiger partial charge in [-0.25, -0.2) is 0 Å². The van der Waals surface area contributed by atoms with Crippen molar-refractivity contribution in [1.29, 1.82) is 0 Å². The number of nitrogens with one attached hydrogen (secondary N) is 2. The van der Waals surface area contributed by atoms with Gasteiger partial charge in [0.25, 0.3) is 0 Å². The second-order valence-corrected chi connectivity index (χ2v) is 5.13. The molecule has 1 aromatic carbocycles. The summed E-state index contributed by atoms with van der Waals surface area (Å²) >= 11 is 6.12. The quantitative estimate of drug-likeness (QED) is 0.773. The number of carbonyl (C=O) groups excluding carboxylic acids is 1. The number of hydrogen-bond donors (Lipinski definition) is 2. The fourth-order valence-corrected chi connectivity index (χ4v) is 2.68. The number of rotatable bonds is 1. The van der Waals surface area contributed by atoms with E-state index < -0.39 is 0 Å². The van der Waals surface area contributed by atoms with E-state index in [-0.39, 0.29) is 5.78 Å². The van der Waals surface area contributed by atoms with Crippen LogP contribution in [0.15, 0.2) is 41.2 Å². The average Bonchev–Trinajstić information content (AvgIpc) is 3.03. The van der Waals surface area contributed by atoms with Crippen LogP contribution < -0.4 is 10.6 Å². The minimum atomic E-state index is 0.136. The second kappa shape index (κ2) is 5.10. The van der Waals surface area contributed by atoms with Crippen LogP contribution in [0.2, 0.25) is 5.02 Å². The monoisotopic (exact) mass is 274 g/mol. The van der Waals surface area contributed by atoms with Crippen LogP contribution in [0.4, 0.5) is 0 Å². The van der Waals surface area contributed by atoms with Crippen molar-refractivity contribution in [2.24, 2.45) is 0 Å². The van der Waals surface area contributed by atoms with Gasteiger partial charge in [-0.2, -0.15) is 0 Å². The highest BCUT2D eigenvalue weighted by Crippen LogP contribution is 2.30. The lowest BCUT2D eigenvalue weighted by Gasteiger charge is -2.03. The molecule has 1 aliphatic heterocycles. The van der Waals surface area contributed by atoms with Crippen LogP contribution in [0.1, 0.15) is 18.4 Å². The molecule has 2 N–H and O–H groups in total. The largest absolute Gasteiger partial charge is 0.370 e. The van der Waals surface area contributed by atoms with E-state index in [1.54, 1.807) is 0 Å².